The number of rotatable bonds is 4. The van der Waals surface area contributed by atoms with Crippen LogP contribution in [0.2, 0.25) is 0 Å². The highest BCUT2D eigenvalue weighted by atomic mass is 79.9. The second kappa shape index (κ2) is 9.29. The van der Waals surface area contributed by atoms with Gasteiger partial charge in [-0.3, -0.25) is 0 Å². The van der Waals surface area contributed by atoms with Crippen LogP contribution in [0.5, 0.6) is 0 Å². The highest BCUT2D eigenvalue weighted by molar-refractivity contribution is 9.10. The van der Waals surface area contributed by atoms with Gasteiger partial charge in [0.25, 0.3) is 0 Å². The maximum Gasteiger partial charge on any atom is 0.0714 e. The van der Waals surface area contributed by atoms with Gasteiger partial charge in [0.15, 0.2) is 0 Å². The van der Waals surface area contributed by atoms with E-state index in [9.17, 15) is 0 Å². The third kappa shape index (κ3) is 3.59. The Morgan fingerprint density at radius 2 is 1.00 bits per heavy atom. The van der Waals surface area contributed by atoms with Gasteiger partial charge in [-0.1, -0.05) is 119 Å². The average molecular weight is 608 g/mol. The zero-order valence-electron chi connectivity index (χ0n) is 23.9. The number of hydrogen-bond acceptors (Lipinski definition) is 0. The molecule has 4 saturated carbocycles. The molecule has 0 atom stereocenters. The molecule has 0 aliphatic heterocycles. The van der Waals surface area contributed by atoms with Crippen molar-refractivity contribution in [3.05, 3.63) is 154 Å². The Morgan fingerprint density at radius 3 is 1.62 bits per heavy atom. The third-order valence-electron chi connectivity index (χ3n) is 11.4. The van der Waals surface area contributed by atoms with Gasteiger partial charge < -0.3 is 0 Å². The van der Waals surface area contributed by atoms with E-state index in [0.29, 0.717) is 5.41 Å². The minimum absolute atomic E-state index is 0.384. The van der Waals surface area contributed by atoms with Crippen LogP contribution in [0.4, 0.5) is 0 Å². The Hall–Kier alpha value is -3.42. The topological polar surface area (TPSA) is 0 Å². The molecule has 42 heavy (non-hydrogen) atoms. The normalized spacial score (nSPS) is 26.2. The average Bonchev–Trinajstić information content (AvgIpc) is 3.31. The first kappa shape index (κ1) is 25.1. The number of fused-ring (bicyclic) bond motifs is 3. The van der Waals surface area contributed by atoms with E-state index >= 15 is 0 Å². The lowest BCUT2D eigenvalue weighted by Gasteiger charge is -2.57. The van der Waals surface area contributed by atoms with E-state index in [1.807, 2.05) is 0 Å². The van der Waals surface area contributed by atoms with E-state index in [2.05, 4.69) is 137 Å². The molecule has 5 aromatic carbocycles. The fraction of sp³-hybridized carbons (Fsp3) is 0.268. The van der Waals surface area contributed by atoms with Gasteiger partial charge in [-0.2, -0.15) is 0 Å². The molecule has 0 aromatic heterocycles. The largest absolute Gasteiger partial charge is 0.0714 e. The standard InChI is InChI=1S/C41H35Br/c42-35-15-17-37-36-16-14-31(30-8-7-13-34(21-30)40-24-27-18-28(25-40)20-29(19-27)26-40)22-38(36)41(39(37)23-35,32-9-3-1-4-10-32)33-11-5-2-6-12-33/h1-17,21-23,27-29H,18-20,24-26H2. The smallest absolute Gasteiger partial charge is 0.0622 e. The highest BCUT2D eigenvalue weighted by Gasteiger charge is 2.51. The van der Waals surface area contributed by atoms with Crippen molar-refractivity contribution in [1.82, 2.24) is 0 Å². The Morgan fingerprint density at radius 1 is 0.476 bits per heavy atom. The van der Waals surface area contributed by atoms with Gasteiger partial charge in [0.05, 0.1) is 5.41 Å². The van der Waals surface area contributed by atoms with E-state index in [0.717, 1.165) is 22.2 Å². The number of hydrogen-bond donors (Lipinski definition) is 0. The first-order chi connectivity index (χ1) is 20.6. The maximum absolute atomic E-state index is 3.83. The van der Waals surface area contributed by atoms with Crippen molar-refractivity contribution in [3.63, 3.8) is 0 Å². The van der Waals surface area contributed by atoms with E-state index in [1.54, 1.807) is 5.56 Å². The van der Waals surface area contributed by atoms with Crippen molar-refractivity contribution in [2.45, 2.75) is 49.4 Å². The summed E-state index contributed by atoms with van der Waals surface area (Å²) in [5, 5.41) is 0. The summed E-state index contributed by atoms with van der Waals surface area (Å²) in [6.07, 6.45) is 8.68. The molecule has 0 amide bonds. The van der Waals surface area contributed by atoms with Gasteiger partial charge in [0.1, 0.15) is 0 Å². The molecule has 0 spiro atoms. The van der Waals surface area contributed by atoms with Crippen LogP contribution in [0.1, 0.15) is 66.3 Å². The van der Waals surface area contributed by atoms with Gasteiger partial charge in [0.2, 0.25) is 0 Å². The molecule has 5 aliphatic carbocycles. The van der Waals surface area contributed by atoms with Gasteiger partial charge in [-0.05, 0) is 130 Å². The van der Waals surface area contributed by atoms with Crippen LogP contribution in [0.25, 0.3) is 22.3 Å². The van der Waals surface area contributed by atoms with Crippen LogP contribution in [0.3, 0.4) is 0 Å². The van der Waals surface area contributed by atoms with Crippen LogP contribution in [-0.2, 0) is 10.8 Å². The summed E-state index contributed by atoms with van der Waals surface area (Å²) in [7, 11) is 0. The monoisotopic (exact) mass is 606 g/mol. The lowest BCUT2D eigenvalue weighted by molar-refractivity contribution is -0.00516. The molecule has 5 aromatic rings. The van der Waals surface area contributed by atoms with Crippen molar-refractivity contribution >= 4 is 15.9 Å². The molecule has 0 heterocycles. The molecule has 0 radical (unpaired) electrons. The lowest BCUT2D eigenvalue weighted by Crippen LogP contribution is -2.48. The molecule has 4 fully saturated rings. The Balaban J connectivity index is 1.25. The van der Waals surface area contributed by atoms with Crippen LogP contribution in [0, 0.1) is 17.8 Å². The van der Waals surface area contributed by atoms with Gasteiger partial charge in [-0.25, -0.2) is 0 Å². The molecular weight excluding hydrogens is 572 g/mol. The minimum Gasteiger partial charge on any atom is -0.0622 e. The van der Waals surface area contributed by atoms with Crippen molar-refractivity contribution in [1.29, 1.82) is 0 Å². The van der Waals surface area contributed by atoms with Crippen molar-refractivity contribution < 1.29 is 0 Å². The third-order valence-corrected chi connectivity index (χ3v) is 11.9. The summed E-state index contributed by atoms with van der Waals surface area (Å²) in [5.74, 6) is 2.86. The quantitative estimate of drug-likeness (QED) is 0.187. The van der Waals surface area contributed by atoms with Crippen molar-refractivity contribution in [2.75, 3.05) is 0 Å². The molecule has 10 rings (SSSR count). The fourth-order valence-electron chi connectivity index (χ4n) is 10.1. The second-order valence-corrected chi connectivity index (χ2v) is 14.6. The first-order valence-electron chi connectivity index (χ1n) is 15.8. The molecular formula is C41H35Br. The minimum atomic E-state index is -0.384. The van der Waals surface area contributed by atoms with Crippen LogP contribution in [-0.4, -0.2) is 0 Å². The summed E-state index contributed by atoms with van der Waals surface area (Å²) < 4.78 is 1.12. The van der Waals surface area contributed by atoms with Gasteiger partial charge in [0, 0.05) is 4.47 Å². The summed E-state index contributed by atoms with van der Waals surface area (Å²) >= 11 is 3.83. The fourth-order valence-corrected chi connectivity index (χ4v) is 10.5. The molecule has 5 aliphatic rings. The van der Waals surface area contributed by atoms with Crippen LogP contribution in [0.15, 0.2) is 126 Å². The predicted molar refractivity (Wildman–Crippen MR) is 177 cm³/mol. The molecule has 206 valence electrons. The Kier molecular flexibility index (Phi) is 5.55. The zero-order chi connectivity index (χ0) is 27.9. The van der Waals surface area contributed by atoms with Gasteiger partial charge >= 0.3 is 0 Å². The van der Waals surface area contributed by atoms with Crippen molar-refractivity contribution in [3.8, 4) is 22.3 Å². The Bertz CT molecular complexity index is 1740. The number of benzene rings is 5. The molecule has 0 nitrogen and oxygen atoms in total. The maximum atomic E-state index is 3.83. The van der Waals surface area contributed by atoms with E-state index in [1.165, 1.54) is 83.0 Å². The summed E-state index contributed by atoms with van der Waals surface area (Å²) in [6.45, 7) is 0. The molecule has 0 N–H and O–H groups in total. The van der Waals surface area contributed by atoms with E-state index in [-0.39, 0.29) is 5.41 Å². The molecule has 0 unspecified atom stereocenters. The van der Waals surface area contributed by atoms with E-state index in [4.69, 9.17) is 0 Å². The highest BCUT2D eigenvalue weighted by Crippen LogP contribution is 2.61. The van der Waals surface area contributed by atoms with Crippen LogP contribution < -0.4 is 0 Å². The molecule has 4 bridgehead atoms. The summed E-state index contributed by atoms with van der Waals surface area (Å²) in [4.78, 5) is 0. The second-order valence-electron chi connectivity index (χ2n) is 13.7. The van der Waals surface area contributed by atoms with Crippen molar-refractivity contribution in [2.24, 2.45) is 17.8 Å². The SMILES string of the molecule is Brc1ccc2c(c1)C(c1ccccc1)(c1ccccc1)c1cc(-c3cccc(C45CC6CC(CC(C6)C4)C5)c3)ccc1-2. The Labute approximate surface area is 258 Å². The van der Waals surface area contributed by atoms with Gasteiger partial charge in [-0.15, -0.1) is 0 Å². The lowest BCUT2D eigenvalue weighted by atomic mass is 9.48. The molecule has 1 heteroatoms. The zero-order valence-corrected chi connectivity index (χ0v) is 25.5. The number of halogens is 1. The summed E-state index contributed by atoms with van der Waals surface area (Å²) in [5.41, 5.74) is 12.3. The van der Waals surface area contributed by atoms with E-state index < -0.39 is 0 Å². The predicted octanol–water partition coefficient (Wildman–Crippen LogP) is 10.9. The molecule has 0 saturated heterocycles. The summed E-state index contributed by atoms with van der Waals surface area (Å²) in [6, 6.07) is 46.1. The van der Waals surface area contributed by atoms with Crippen LogP contribution >= 0.6 is 15.9 Å². The first-order valence-corrected chi connectivity index (χ1v) is 16.6.